The highest BCUT2D eigenvalue weighted by molar-refractivity contribution is 5.08. The number of methoxy groups -OCH3 is 1. The van der Waals surface area contributed by atoms with E-state index in [4.69, 9.17) is 14.2 Å². The molecule has 1 rings (SSSR count). The molecule has 1 heterocycles. The molecule has 108 valence electrons. The van der Waals surface area contributed by atoms with Crippen LogP contribution < -0.4 is 5.32 Å². The predicted molar refractivity (Wildman–Crippen MR) is 74.3 cm³/mol. The van der Waals surface area contributed by atoms with Gasteiger partial charge in [-0.05, 0) is 24.6 Å². The molecule has 0 bridgehead atoms. The number of nitrogens with one attached hydrogen (secondary N) is 1. The van der Waals surface area contributed by atoms with Crippen molar-refractivity contribution < 1.29 is 14.2 Å². The third-order valence-electron chi connectivity index (χ3n) is 2.54. The number of ether oxygens (including phenoxy) is 3. The van der Waals surface area contributed by atoms with Crippen LogP contribution in [0.2, 0.25) is 0 Å². The van der Waals surface area contributed by atoms with Crippen LogP contribution in [0.15, 0.2) is 24.5 Å². The summed E-state index contributed by atoms with van der Waals surface area (Å²) in [6.45, 7) is 5.03. The van der Waals surface area contributed by atoms with Crippen LogP contribution in [0.5, 0.6) is 0 Å². The molecule has 19 heavy (non-hydrogen) atoms. The quantitative estimate of drug-likeness (QED) is 0.571. The molecule has 0 amide bonds. The molecule has 0 fully saturated rings. The van der Waals surface area contributed by atoms with E-state index >= 15 is 0 Å². The fourth-order valence-corrected chi connectivity index (χ4v) is 1.51. The lowest BCUT2D eigenvalue weighted by Gasteiger charge is -2.07. The van der Waals surface area contributed by atoms with Crippen molar-refractivity contribution in [1.29, 1.82) is 0 Å². The average Bonchev–Trinajstić information content (AvgIpc) is 2.46. The van der Waals surface area contributed by atoms with E-state index in [-0.39, 0.29) is 0 Å². The Labute approximate surface area is 115 Å². The molecular weight excluding hydrogens is 244 g/mol. The summed E-state index contributed by atoms with van der Waals surface area (Å²) in [6, 6.07) is 4.05. The average molecular weight is 268 g/mol. The number of pyridine rings is 1. The second-order valence-electron chi connectivity index (χ2n) is 4.08. The number of hydrogen-bond donors (Lipinski definition) is 1. The maximum Gasteiger partial charge on any atom is 0.0701 e. The summed E-state index contributed by atoms with van der Waals surface area (Å²) in [5.74, 6) is 0. The van der Waals surface area contributed by atoms with Crippen LogP contribution in [0.3, 0.4) is 0 Å². The van der Waals surface area contributed by atoms with E-state index in [0.29, 0.717) is 33.0 Å². The molecule has 0 saturated carbocycles. The Bertz CT molecular complexity index is 296. The topological polar surface area (TPSA) is 52.6 Å². The Morgan fingerprint density at radius 2 is 1.84 bits per heavy atom. The molecule has 1 aromatic rings. The van der Waals surface area contributed by atoms with Gasteiger partial charge in [-0.25, -0.2) is 0 Å². The molecule has 0 aliphatic carbocycles. The molecule has 5 heteroatoms. The standard InChI is InChI=1S/C14H24N2O3/c1-17-9-10-19-12-11-18-8-7-15-6-4-14-3-2-5-16-13-14/h2-3,5,13,15H,4,6-12H2,1H3. The lowest BCUT2D eigenvalue weighted by molar-refractivity contribution is 0.0256. The van der Waals surface area contributed by atoms with E-state index in [1.165, 1.54) is 5.56 Å². The summed E-state index contributed by atoms with van der Waals surface area (Å²) in [7, 11) is 1.66. The van der Waals surface area contributed by atoms with Gasteiger partial charge < -0.3 is 19.5 Å². The first-order valence-electron chi connectivity index (χ1n) is 6.67. The Balaban J connectivity index is 1.79. The molecular formula is C14H24N2O3. The highest BCUT2D eigenvalue weighted by Gasteiger charge is 1.93. The van der Waals surface area contributed by atoms with Gasteiger partial charge in [0.05, 0.1) is 33.0 Å². The lowest BCUT2D eigenvalue weighted by Crippen LogP contribution is -2.23. The minimum atomic E-state index is 0.624. The Morgan fingerprint density at radius 3 is 2.58 bits per heavy atom. The van der Waals surface area contributed by atoms with Crippen LogP contribution in [0.4, 0.5) is 0 Å². The minimum Gasteiger partial charge on any atom is -0.382 e. The summed E-state index contributed by atoms with van der Waals surface area (Å²) in [5.41, 5.74) is 1.25. The molecule has 0 spiro atoms. The first kappa shape index (κ1) is 16.0. The van der Waals surface area contributed by atoms with Crippen molar-refractivity contribution >= 4 is 0 Å². The summed E-state index contributed by atoms with van der Waals surface area (Å²) in [4.78, 5) is 4.08. The van der Waals surface area contributed by atoms with Crippen LogP contribution >= 0.6 is 0 Å². The SMILES string of the molecule is COCCOCCOCCNCCc1cccnc1. The number of hydrogen-bond acceptors (Lipinski definition) is 5. The molecule has 0 aromatic carbocycles. The van der Waals surface area contributed by atoms with E-state index in [9.17, 15) is 0 Å². The normalized spacial score (nSPS) is 10.8. The van der Waals surface area contributed by atoms with Gasteiger partial charge in [0.15, 0.2) is 0 Å². The van der Waals surface area contributed by atoms with E-state index in [1.807, 2.05) is 12.3 Å². The van der Waals surface area contributed by atoms with E-state index in [0.717, 1.165) is 19.5 Å². The van der Waals surface area contributed by atoms with Crippen LogP contribution in [-0.2, 0) is 20.6 Å². The molecule has 0 saturated heterocycles. The zero-order valence-electron chi connectivity index (χ0n) is 11.6. The van der Waals surface area contributed by atoms with Crippen molar-refractivity contribution in [3.8, 4) is 0 Å². The highest BCUT2D eigenvalue weighted by atomic mass is 16.5. The van der Waals surface area contributed by atoms with Crippen LogP contribution in [0.1, 0.15) is 5.56 Å². The molecule has 0 atom stereocenters. The lowest BCUT2D eigenvalue weighted by atomic mass is 10.2. The molecule has 5 nitrogen and oxygen atoms in total. The number of aromatic nitrogens is 1. The highest BCUT2D eigenvalue weighted by Crippen LogP contribution is 1.94. The first-order valence-corrected chi connectivity index (χ1v) is 6.67. The van der Waals surface area contributed by atoms with Crippen molar-refractivity contribution in [2.45, 2.75) is 6.42 Å². The first-order chi connectivity index (χ1) is 9.43. The zero-order chi connectivity index (χ0) is 13.6. The Hall–Kier alpha value is -1.01. The third-order valence-corrected chi connectivity index (χ3v) is 2.54. The van der Waals surface area contributed by atoms with Gasteiger partial charge in [0.1, 0.15) is 0 Å². The number of nitrogens with zero attached hydrogens (tertiary/aromatic N) is 1. The molecule has 0 unspecified atom stereocenters. The fraction of sp³-hybridized carbons (Fsp3) is 0.643. The van der Waals surface area contributed by atoms with Crippen LogP contribution in [-0.4, -0.2) is 58.2 Å². The maximum atomic E-state index is 5.43. The maximum absolute atomic E-state index is 5.43. The second kappa shape index (κ2) is 12.0. The molecule has 0 radical (unpaired) electrons. The monoisotopic (exact) mass is 268 g/mol. The van der Waals surface area contributed by atoms with Crippen molar-refractivity contribution in [3.63, 3.8) is 0 Å². The predicted octanol–water partition coefficient (Wildman–Crippen LogP) is 0.893. The Morgan fingerprint density at radius 1 is 1.05 bits per heavy atom. The summed E-state index contributed by atoms with van der Waals surface area (Å²) >= 11 is 0. The smallest absolute Gasteiger partial charge is 0.0701 e. The van der Waals surface area contributed by atoms with Gasteiger partial charge in [-0.3, -0.25) is 4.98 Å². The van der Waals surface area contributed by atoms with Crippen LogP contribution in [0.25, 0.3) is 0 Å². The summed E-state index contributed by atoms with van der Waals surface area (Å²) in [5, 5.41) is 3.33. The summed E-state index contributed by atoms with van der Waals surface area (Å²) < 4.78 is 15.6. The minimum absolute atomic E-state index is 0.624. The van der Waals surface area contributed by atoms with Gasteiger partial charge in [-0.1, -0.05) is 6.07 Å². The van der Waals surface area contributed by atoms with Gasteiger partial charge in [-0.15, -0.1) is 0 Å². The second-order valence-corrected chi connectivity index (χ2v) is 4.08. The van der Waals surface area contributed by atoms with Crippen molar-refractivity contribution in [2.75, 3.05) is 53.2 Å². The van der Waals surface area contributed by atoms with Crippen molar-refractivity contribution in [2.24, 2.45) is 0 Å². The van der Waals surface area contributed by atoms with Crippen molar-refractivity contribution in [3.05, 3.63) is 30.1 Å². The largest absolute Gasteiger partial charge is 0.382 e. The molecule has 1 aromatic heterocycles. The third kappa shape index (κ3) is 9.55. The van der Waals surface area contributed by atoms with E-state index in [2.05, 4.69) is 16.4 Å². The van der Waals surface area contributed by atoms with Gasteiger partial charge in [0.2, 0.25) is 0 Å². The van der Waals surface area contributed by atoms with E-state index < -0.39 is 0 Å². The van der Waals surface area contributed by atoms with Gasteiger partial charge in [0, 0.05) is 26.0 Å². The molecule has 0 aliphatic heterocycles. The van der Waals surface area contributed by atoms with Gasteiger partial charge in [-0.2, -0.15) is 0 Å². The van der Waals surface area contributed by atoms with E-state index in [1.54, 1.807) is 13.3 Å². The Kier molecular flexibility index (Phi) is 10.2. The van der Waals surface area contributed by atoms with Gasteiger partial charge >= 0.3 is 0 Å². The fourth-order valence-electron chi connectivity index (χ4n) is 1.51. The number of rotatable bonds is 12. The van der Waals surface area contributed by atoms with Gasteiger partial charge in [0.25, 0.3) is 0 Å². The zero-order valence-corrected chi connectivity index (χ0v) is 11.6. The molecule has 1 N–H and O–H groups in total. The summed E-state index contributed by atoms with van der Waals surface area (Å²) in [6.07, 6.45) is 4.68. The van der Waals surface area contributed by atoms with Crippen LogP contribution in [0, 0.1) is 0 Å². The molecule has 0 aliphatic rings. The van der Waals surface area contributed by atoms with Crippen molar-refractivity contribution in [1.82, 2.24) is 10.3 Å².